The van der Waals surface area contributed by atoms with E-state index in [9.17, 15) is 0 Å². The van der Waals surface area contributed by atoms with E-state index >= 15 is 0 Å². The van der Waals surface area contributed by atoms with E-state index in [1.165, 1.54) is 4.88 Å². The number of aryl methyl sites for hydroxylation is 1. The quantitative estimate of drug-likeness (QED) is 0.836. The van der Waals surface area contributed by atoms with Crippen molar-refractivity contribution in [2.45, 2.75) is 26.2 Å². The molecule has 0 unspecified atom stereocenters. The smallest absolute Gasteiger partial charge is 0.150 e. The monoisotopic (exact) mass is 207 g/mol. The van der Waals surface area contributed by atoms with Gasteiger partial charge in [0.15, 0.2) is 5.82 Å². The Bertz CT molecular complexity index is 378. The van der Waals surface area contributed by atoms with E-state index in [1.54, 1.807) is 11.3 Å². The van der Waals surface area contributed by atoms with Crippen LogP contribution in [0.2, 0.25) is 0 Å². The number of hydrogen-bond donors (Lipinski definition) is 1. The van der Waals surface area contributed by atoms with Gasteiger partial charge >= 0.3 is 0 Å². The van der Waals surface area contributed by atoms with E-state index in [4.69, 9.17) is 0 Å². The van der Waals surface area contributed by atoms with Crippen molar-refractivity contribution in [1.29, 1.82) is 0 Å². The van der Waals surface area contributed by atoms with Crippen LogP contribution in [0, 0.1) is 0 Å². The first kappa shape index (κ1) is 9.40. The van der Waals surface area contributed by atoms with E-state index in [1.807, 2.05) is 0 Å². The maximum absolute atomic E-state index is 4.41. The van der Waals surface area contributed by atoms with Crippen LogP contribution in [0.3, 0.4) is 0 Å². The summed E-state index contributed by atoms with van der Waals surface area (Å²) in [5.74, 6) is 1.90. The van der Waals surface area contributed by atoms with Gasteiger partial charge in [-0.25, -0.2) is 4.98 Å². The number of thiophene rings is 1. The summed E-state index contributed by atoms with van der Waals surface area (Å²) < 4.78 is 0. The number of H-pyrrole nitrogens is 1. The highest BCUT2D eigenvalue weighted by Gasteiger charge is 2.03. The first-order valence-electron chi connectivity index (χ1n) is 4.81. The van der Waals surface area contributed by atoms with Crippen LogP contribution in [0.1, 0.15) is 29.9 Å². The lowest BCUT2D eigenvalue weighted by molar-refractivity contribution is 0.841. The number of nitrogens with one attached hydrogen (secondary N) is 1. The van der Waals surface area contributed by atoms with Crippen LogP contribution in [-0.2, 0) is 12.8 Å². The molecule has 0 atom stereocenters. The van der Waals surface area contributed by atoms with Gasteiger partial charge < -0.3 is 0 Å². The molecule has 0 spiro atoms. The SMILES string of the molecule is CCCc1n[nH]c(Cc2cccs2)n1. The Morgan fingerprint density at radius 1 is 1.50 bits per heavy atom. The number of hydrogen-bond acceptors (Lipinski definition) is 3. The lowest BCUT2D eigenvalue weighted by atomic mass is 10.3. The summed E-state index contributed by atoms with van der Waals surface area (Å²) in [5.41, 5.74) is 0. The molecule has 0 saturated carbocycles. The molecule has 0 saturated heterocycles. The van der Waals surface area contributed by atoms with E-state index in [0.717, 1.165) is 30.9 Å². The topological polar surface area (TPSA) is 41.6 Å². The second-order valence-electron chi connectivity index (χ2n) is 3.20. The van der Waals surface area contributed by atoms with E-state index in [2.05, 4.69) is 39.6 Å². The zero-order valence-electron chi connectivity index (χ0n) is 8.16. The van der Waals surface area contributed by atoms with E-state index in [-0.39, 0.29) is 0 Å². The minimum absolute atomic E-state index is 0.869. The Balaban J connectivity index is 2.03. The molecule has 4 heteroatoms. The van der Waals surface area contributed by atoms with Crippen LogP contribution < -0.4 is 0 Å². The highest BCUT2D eigenvalue weighted by Crippen LogP contribution is 2.12. The van der Waals surface area contributed by atoms with Gasteiger partial charge in [0.2, 0.25) is 0 Å². The predicted octanol–water partition coefficient (Wildman–Crippen LogP) is 2.41. The van der Waals surface area contributed by atoms with Crippen LogP contribution in [0.25, 0.3) is 0 Å². The summed E-state index contributed by atoms with van der Waals surface area (Å²) >= 11 is 1.75. The molecule has 2 rings (SSSR count). The maximum atomic E-state index is 4.41. The van der Waals surface area contributed by atoms with Gasteiger partial charge in [-0.15, -0.1) is 11.3 Å². The minimum atomic E-state index is 0.869. The lowest BCUT2D eigenvalue weighted by Gasteiger charge is -1.90. The van der Waals surface area contributed by atoms with Crippen molar-refractivity contribution in [3.05, 3.63) is 34.0 Å². The third-order valence-electron chi connectivity index (χ3n) is 1.97. The molecule has 0 amide bonds. The van der Waals surface area contributed by atoms with Crippen molar-refractivity contribution >= 4 is 11.3 Å². The second kappa shape index (κ2) is 4.37. The minimum Gasteiger partial charge on any atom is -0.263 e. The van der Waals surface area contributed by atoms with Gasteiger partial charge in [-0.3, -0.25) is 5.10 Å². The molecule has 2 aromatic heterocycles. The first-order valence-corrected chi connectivity index (χ1v) is 5.69. The van der Waals surface area contributed by atoms with Crippen molar-refractivity contribution in [3.8, 4) is 0 Å². The van der Waals surface area contributed by atoms with Gasteiger partial charge in [-0.2, -0.15) is 5.10 Å². The largest absolute Gasteiger partial charge is 0.263 e. The Kier molecular flexibility index (Phi) is 2.93. The summed E-state index contributed by atoms with van der Waals surface area (Å²) in [6, 6.07) is 4.18. The fourth-order valence-electron chi connectivity index (χ4n) is 1.33. The van der Waals surface area contributed by atoms with Crippen LogP contribution in [0.4, 0.5) is 0 Å². The highest BCUT2D eigenvalue weighted by atomic mass is 32.1. The summed E-state index contributed by atoms with van der Waals surface area (Å²) in [4.78, 5) is 5.74. The normalized spacial score (nSPS) is 10.6. The van der Waals surface area contributed by atoms with Crippen molar-refractivity contribution < 1.29 is 0 Å². The molecular weight excluding hydrogens is 194 g/mol. The van der Waals surface area contributed by atoms with Crippen LogP contribution in [0.5, 0.6) is 0 Å². The van der Waals surface area contributed by atoms with E-state index in [0.29, 0.717) is 0 Å². The lowest BCUT2D eigenvalue weighted by Crippen LogP contribution is -1.88. The zero-order valence-corrected chi connectivity index (χ0v) is 8.97. The average molecular weight is 207 g/mol. The standard InChI is InChI=1S/C10H13N3S/c1-2-4-9-11-10(13-12-9)7-8-5-3-6-14-8/h3,5-6H,2,4,7H2,1H3,(H,11,12,13). The summed E-state index contributed by atoms with van der Waals surface area (Å²) in [6.07, 6.45) is 2.92. The molecule has 0 aromatic carbocycles. The molecule has 0 aliphatic carbocycles. The van der Waals surface area contributed by atoms with Gasteiger partial charge in [0.25, 0.3) is 0 Å². The Labute approximate surface area is 87.2 Å². The van der Waals surface area contributed by atoms with Gasteiger partial charge in [0.1, 0.15) is 5.82 Å². The van der Waals surface area contributed by atoms with Gasteiger partial charge in [-0.05, 0) is 17.9 Å². The Hall–Kier alpha value is -1.16. The van der Waals surface area contributed by atoms with E-state index < -0.39 is 0 Å². The molecule has 2 aromatic rings. The van der Waals surface area contributed by atoms with Gasteiger partial charge in [0.05, 0.1) is 0 Å². The number of aromatic nitrogens is 3. The predicted molar refractivity (Wildman–Crippen MR) is 57.5 cm³/mol. The van der Waals surface area contributed by atoms with Crippen LogP contribution in [-0.4, -0.2) is 15.2 Å². The number of rotatable bonds is 4. The maximum Gasteiger partial charge on any atom is 0.150 e. The molecule has 3 nitrogen and oxygen atoms in total. The molecule has 0 bridgehead atoms. The third kappa shape index (κ3) is 2.20. The second-order valence-corrected chi connectivity index (χ2v) is 4.24. The number of aromatic amines is 1. The molecular formula is C10H13N3S. The van der Waals surface area contributed by atoms with Crippen molar-refractivity contribution in [2.24, 2.45) is 0 Å². The summed E-state index contributed by atoms with van der Waals surface area (Å²) in [7, 11) is 0. The molecule has 1 N–H and O–H groups in total. The molecule has 0 radical (unpaired) electrons. The van der Waals surface area contributed by atoms with Crippen LogP contribution >= 0.6 is 11.3 Å². The fourth-order valence-corrected chi connectivity index (χ4v) is 2.04. The molecule has 14 heavy (non-hydrogen) atoms. The van der Waals surface area contributed by atoms with Gasteiger partial charge in [0, 0.05) is 17.7 Å². The van der Waals surface area contributed by atoms with Crippen LogP contribution in [0.15, 0.2) is 17.5 Å². The zero-order chi connectivity index (χ0) is 9.80. The third-order valence-corrected chi connectivity index (χ3v) is 2.85. The molecule has 0 aliphatic rings. The molecule has 0 fully saturated rings. The fraction of sp³-hybridized carbons (Fsp3) is 0.400. The molecule has 74 valence electrons. The summed E-state index contributed by atoms with van der Waals surface area (Å²) in [6.45, 7) is 2.13. The summed E-state index contributed by atoms with van der Waals surface area (Å²) in [5, 5.41) is 9.21. The molecule has 2 heterocycles. The average Bonchev–Trinajstić information content (AvgIpc) is 2.79. The number of nitrogens with zero attached hydrogens (tertiary/aromatic N) is 2. The Morgan fingerprint density at radius 2 is 2.43 bits per heavy atom. The Morgan fingerprint density at radius 3 is 3.14 bits per heavy atom. The van der Waals surface area contributed by atoms with Crippen molar-refractivity contribution in [2.75, 3.05) is 0 Å². The molecule has 0 aliphatic heterocycles. The first-order chi connectivity index (χ1) is 6.88. The van der Waals surface area contributed by atoms with Crippen molar-refractivity contribution in [1.82, 2.24) is 15.2 Å². The van der Waals surface area contributed by atoms with Crippen molar-refractivity contribution in [3.63, 3.8) is 0 Å². The van der Waals surface area contributed by atoms with Gasteiger partial charge in [-0.1, -0.05) is 13.0 Å². The highest BCUT2D eigenvalue weighted by molar-refractivity contribution is 7.09.